The molecular formula is C25H36N7O6S2+. The zero-order valence-corrected chi connectivity index (χ0v) is 24.6. The number of aromatic nitrogens is 1. The maximum Gasteiger partial charge on any atom is 0.352 e. The van der Waals surface area contributed by atoms with E-state index in [9.17, 15) is 24.6 Å². The minimum atomic E-state index is -1.67. The van der Waals surface area contributed by atoms with Gasteiger partial charge in [0.05, 0.1) is 37.6 Å². The number of rotatable bonds is 9. The fraction of sp³-hybridized carbons (Fsp3) is 0.640. The van der Waals surface area contributed by atoms with E-state index in [1.807, 2.05) is 4.90 Å². The maximum atomic E-state index is 13.3. The lowest BCUT2D eigenvalue weighted by Crippen LogP contribution is -2.67. The summed E-state index contributed by atoms with van der Waals surface area (Å²) >= 11 is 2.73. The van der Waals surface area contributed by atoms with Gasteiger partial charge in [-0.15, -0.1) is 23.1 Å². The fourth-order valence-corrected chi connectivity index (χ4v) is 8.09. The highest BCUT2D eigenvalue weighted by atomic mass is 32.2. The molecule has 3 saturated heterocycles. The molecule has 0 aliphatic carbocycles. The van der Waals surface area contributed by atoms with E-state index in [1.165, 1.54) is 20.3 Å². The predicted molar refractivity (Wildman–Crippen MR) is 151 cm³/mol. The Hall–Kier alpha value is -2.88. The number of nitrogens with zero attached hydrogens (tertiary/aromatic N) is 5. The van der Waals surface area contributed by atoms with Crippen molar-refractivity contribution in [3.05, 3.63) is 22.3 Å². The van der Waals surface area contributed by atoms with Crippen LogP contribution in [0.3, 0.4) is 0 Å². The van der Waals surface area contributed by atoms with Gasteiger partial charge in [0.1, 0.15) is 17.9 Å². The van der Waals surface area contributed by atoms with Crippen LogP contribution in [0.15, 0.2) is 21.8 Å². The van der Waals surface area contributed by atoms with E-state index in [0.29, 0.717) is 36.5 Å². The van der Waals surface area contributed by atoms with Crippen molar-refractivity contribution in [3.63, 3.8) is 0 Å². The number of carboxylic acids is 2. The van der Waals surface area contributed by atoms with Crippen LogP contribution in [0.25, 0.3) is 0 Å². The van der Waals surface area contributed by atoms with Gasteiger partial charge in [0.25, 0.3) is 5.91 Å². The molecule has 3 fully saturated rings. The number of carbonyl (C=O) groups excluding carboxylic acids is 1. The normalized spacial score (nSPS) is 30.5. The number of amides is 1. The van der Waals surface area contributed by atoms with Crippen LogP contribution in [0.2, 0.25) is 0 Å². The molecule has 0 radical (unpaired) electrons. The van der Waals surface area contributed by atoms with Gasteiger partial charge in [-0.2, -0.15) is 0 Å². The largest absolute Gasteiger partial charge is 0.478 e. The molecule has 1 aromatic rings. The fourth-order valence-electron chi connectivity index (χ4n) is 6.19. The number of thiazole rings is 1. The highest BCUT2D eigenvalue weighted by Crippen LogP contribution is 2.41. The Bertz CT molecular complexity index is 1280. The monoisotopic (exact) mass is 594 g/mol. The van der Waals surface area contributed by atoms with Gasteiger partial charge in [0.15, 0.2) is 10.8 Å². The van der Waals surface area contributed by atoms with Crippen molar-refractivity contribution in [1.29, 1.82) is 0 Å². The Balaban J connectivity index is 1.29. The second kappa shape index (κ2) is 10.5. The number of quaternary nitrogens is 1. The molecule has 40 heavy (non-hydrogen) atoms. The van der Waals surface area contributed by atoms with Crippen molar-refractivity contribution in [2.24, 2.45) is 11.1 Å². The van der Waals surface area contributed by atoms with E-state index in [0.717, 1.165) is 41.0 Å². The molecule has 0 bridgehead atoms. The number of oxime groups is 1. The summed E-state index contributed by atoms with van der Waals surface area (Å²) in [6, 6.07) is 0.215. The third kappa shape index (κ3) is 5.39. The molecule has 218 valence electrons. The average molecular weight is 595 g/mol. The van der Waals surface area contributed by atoms with Gasteiger partial charge in [-0.25, -0.2) is 14.6 Å². The number of likely N-dealkylation sites (N-methyl/N-ethyl adjacent to an activating group) is 2. The van der Waals surface area contributed by atoms with Crippen LogP contribution in [-0.2, 0) is 19.2 Å². The zero-order chi connectivity index (χ0) is 29.0. The molecule has 13 nitrogen and oxygen atoms in total. The molecule has 5 heterocycles. The topological polar surface area (TPSA) is 171 Å². The summed E-state index contributed by atoms with van der Waals surface area (Å²) in [5.41, 5.74) is 5.32. The summed E-state index contributed by atoms with van der Waals surface area (Å²) in [6.45, 7) is 6.88. The number of hydrogen-bond donors (Lipinski definition) is 4. The molecule has 5 rings (SSSR count). The Morgan fingerprint density at radius 2 is 2.08 bits per heavy atom. The van der Waals surface area contributed by atoms with Crippen LogP contribution in [-0.4, -0.2) is 129 Å². The van der Waals surface area contributed by atoms with Gasteiger partial charge in [0, 0.05) is 29.2 Å². The molecule has 15 heteroatoms. The number of fused-ring (bicyclic) bond motifs is 2. The number of anilines is 1. The van der Waals surface area contributed by atoms with Crippen LogP contribution < -0.4 is 11.1 Å². The molecule has 4 aliphatic rings. The second-order valence-electron chi connectivity index (χ2n) is 11.8. The first-order chi connectivity index (χ1) is 18.8. The number of nitrogens with two attached hydrogens (primary N) is 1. The molecule has 0 spiro atoms. The SMILES string of the molecule is CN1CCC2C[N+](C)(CC3=C(C(=O)O)N4C[C@@H](NC(=O)/C(=N\OC(C)(C)C(=O)O)c5csc(N)n5)[C@H]4SC3)CC21. The van der Waals surface area contributed by atoms with E-state index < -0.39 is 23.4 Å². The van der Waals surface area contributed by atoms with Crippen molar-refractivity contribution in [2.45, 2.75) is 43.3 Å². The maximum absolute atomic E-state index is 13.3. The molecule has 1 amide bonds. The first-order valence-corrected chi connectivity index (χ1v) is 15.1. The molecule has 0 saturated carbocycles. The Morgan fingerprint density at radius 3 is 2.70 bits per heavy atom. The molecule has 1 aromatic heterocycles. The summed E-state index contributed by atoms with van der Waals surface area (Å²) in [5, 5.41) is 27.8. The van der Waals surface area contributed by atoms with Gasteiger partial charge >= 0.3 is 11.9 Å². The lowest BCUT2D eigenvalue weighted by Gasteiger charge is -2.52. The van der Waals surface area contributed by atoms with Crippen molar-refractivity contribution >= 4 is 51.8 Å². The quantitative estimate of drug-likeness (QED) is 0.176. The van der Waals surface area contributed by atoms with Crippen molar-refractivity contribution in [2.75, 3.05) is 58.3 Å². The lowest BCUT2D eigenvalue weighted by molar-refractivity contribution is -0.895. The molecule has 5 atom stereocenters. The highest BCUT2D eigenvalue weighted by Gasteiger charge is 2.51. The van der Waals surface area contributed by atoms with Crippen LogP contribution in [0, 0.1) is 5.92 Å². The van der Waals surface area contributed by atoms with Crippen molar-refractivity contribution in [3.8, 4) is 0 Å². The second-order valence-corrected chi connectivity index (χ2v) is 13.8. The molecule has 3 unspecified atom stereocenters. The van der Waals surface area contributed by atoms with E-state index >= 15 is 0 Å². The van der Waals surface area contributed by atoms with Crippen LogP contribution in [0.1, 0.15) is 26.0 Å². The molecule has 5 N–H and O–H groups in total. The van der Waals surface area contributed by atoms with Crippen molar-refractivity contribution < 1.29 is 33.9 Å². The average Bonchev–Trinajstić information content (AvgIpc) is 3.52. The Labute approximate surface area is 240 Å². The van der Waals surface area contributed by atoms with E-state index in [1.54, 1.807) is 17.1 Å². The number of carboxylic acid groups (broad SMARTS) is 2. The highest BCUT2D eigenvalue weighted by molar-refractivity contribution is 8.00. The smallest absolute Gasteiger partial charge is 0.352 e. The number of aliphatic carboxylic acids is 2. The zero-order valence-electron chi connectivity index (χ0n) is 23.0. The number of nitrogens with one attached hydrogen (secondary N) is 1. The number of nitrogen functional groups attached to an aromatic ring is 1. The minimum absolute atomic E-state index is 0.167. The number of thioether (sulfide) groups is 1. The lowest BCUT2D eigenvalue weighted by atomic mass is 10.0. The van der Waals surface area contributed by atoms with E-state index in [-0.39, 0.29) is 28.0 Å². The van der Waals surface area contributed by atoms with Gasteiger partial charge in [-0.3, -0.25) is 9.69 Å². The molecular weight excluding hydrogens is 558 g/mol. The van der Waals surface area contributed by atoms with E-state index in [4.69, 9.17) is 10.6 Å². The van der Waals surface area contributed by atoms with E-state index in [2.05, 4.69) is 34.5 Å². The van der Waals surface area contributed by atoms with Crippen molar-refractivity contribution in [1.82, 2.24) is 20.1 Å². The summed E-state index contributed by atoms with van der Waals surface area (Å²) < 4.78 is 0.842. The standard InChI is InChI=1S/C25H35N7O6S2/c1-25(2,23(36)37)38-29-18(16-12-40-24(26)28-16)20(33)27-15-7-31-19(22(34)35)14(11-39-21(15)31)9-32(4)8-13-5-6-30(3)17(13)10-32/h12-13,15,17,21H,5-11H2,1-4H3,(H4-,26,27,28,33,34,35,36,37)/p+1/b29-18-/t13?,15-,17?,21-,32?/m1/s1. The number of hydrogen-bond acceptors (Lipinski definition) is 11. The van der Waals surface area contributed by atoms with Crippen LogP contribution >= 0.6 is 23.1 Å². The predicted octanol–water partition coefficient (Wildman–Crippen LogP) is 0.302. The summed E-state index contributed by atoms with van der Waals surface area (Å²) in [4.78, 5) is 50.7. The van der Waals surface area contributed by atoms with Gasteiger partial charge in [0.2, 0.25) is 5.60 Å². The first kappa shape index (κ1) is 28.6. The summed E-state index contributed by atoms with van der Waals surface area (Å²) in [6.07, 6.45) is 1.20. The van der Waals surface area contributed by atoms with Crippen LogP contribution in [0.4, 0.5) is 5.13 Å². The third-order valence-electron chi connectivity index (χ3n) is 8.31. The number of carbonyl (C=O) groups is 3. The minimum Gasteiger partial charge on any atom is -0.478 e. The van der Waals surface area contributed by atoms with Gasteiger partial charge in [-0.05, 0) is 33.9 Å². The summed E-state index contributed by atoms with van der Waals surface area (Å²) in [7, 11) is 4.41. The first-order valence-electron chi connectivity index (χ1n) is 13.2. The Kier molecular flexibility index (Phi) is 7.52. The summed E-state index contributed by atoms with van der Waals surface area (Å²) in [5.74, 6) is -1.56. The van der Waals surface area contributed by atoms with Gasteiger partial charge < -0.3 is 35.5 Å². The molecule has 4 aliphatic heterocycles. The van der Waals surface area contributed by atoms with Gasteiger partial charge in [-0.1, -0.05) is 5.16 Å². The third-order valence-corrected chi connectivity index (χ3v) is 10.4. The Morgan fingerprint density at radius 1 is 1.32 bits per heavy atom. The molecule has 0 aromatic carbocycles. The van der Waals surface area contributed by atoms with Crippen LogP contribution in [0.5, 0.6) is 0 Å². The number of likely N-dealkylation sites (tertiary alicyclic amines) is 2.